The van der Waals surface area contributed by atoms with E-state index in [0.29, 0.717) is 24.2 Å². The van der Waals surface area contributed by atoms with Crippen LogP contribution in [0.2, 0.25) is 0 Å². The van der Waals surface area contributed by atoms with Crippen molar-refractivity contribution >= 4 is 21.4 Å². The smallest absolute Gasteiger partial charge is 0.254 e. The van der Waals surface area contributed by atoms with Crippen LogP contribution in [0.25, 0.3) is 0 Å². The van der Waals surface area contributed by atoms with Crippen LogP contribution in [-0.4, -0.2) is 37.4 Å². The van der Waals surface area contributed by atoms with E-state index in [1.54, 1.807) is 13.0 Å². The van der Waals surface area contributed by atoms with Gasteiger partial charge in [0.25, 0.3) is 5.91 Å². The number of anilines is 1. The van der Waals surface area contributed by atoms with Crippen LogP contribution in [0.4, 0.5) is 5.69 Å². The number of hydrogen-bond donors (Lipinski definition) is 2. The van der Waals surface area contributed by atoms with Crippen molar-refractivity contribution in [3.8, 4) is 0 Å². The Morgan fingerprint density at radius 2 is 2.32 bits per heavy atom. The Kier molecular flexibility index (Phi) is 3.75. The minimum absolute atomic E-state index is 0.00594. The molecule has 2 heterocycles. The average Bonchev–Trinajstić information content (AvgIpc) is 2.66. The summed E-state index contributed by atoms with van der Waals surface area (Å²) in [7, 11) is -2.91. The Bertz CT molecular complexity index is 598. The van der Waals surface area contributed by atoms with Gasteiger partial charge in [0, 0.05) is 24.1 Å². The number of nitrogens with zero attached hydrogens (tertiary/aromatic N) is 1. The third kappa shape index (κ3) is 3.44. The summed E-state index contributed by atoms with van der Waals surface area (Å²) >= 11 is 0. The second-order valence-corrected chi connectivity index (χ2v) is 7.12. The molecule has 1 aliphatic heterocycles. The standard InChI is InChI=1S/C12H17N3O3S/c1-8-4-11(13)10(6-14-8)12(16)15-5-9-2-3-19(17,18)7-9/h4,6,9H,2-3,5,7H2,1H3,(H2,13,14)(H,15,16). The minimum Gasteiger partial charge on any atom is -0.398 e. The van der Waals surface area contributed by atoms with E-state index in [9.17, 15) is 13.2 Å². The fourth-order valence-corrected chi connectivity index (χ4v) is 4.00. The third-order valence-electron chi connectivity index (χ3n) is 3.20. The number of pyridine rings is 1. The molecular weight excluding hydrogens is 266 g/mol. The first-order valence-corrected chi connectivity index (χ1v) is 7.90. The summed E-state index contributed by atoms with van der Waals surface area (Å²) in [5, 5.41) is 2.72. The van der Waals surface area contributed by atoms with Gasteiger partial charge in [-0.2, -0.15) is 0 Å². The number of nitrogen functional groups attached to an aromatic ring is 1. The van der Waals surface area contributed by atoms with Gasteiger partial charge in [0.2, 0.25) is 0 Å². The van der Waals surface area contributed by atoms with Gasteiger partial charge in [0.1, 0.15) is 0 Å². The number of rotatable bonds is 3. The molecule has 3 N–H and O–H groups in total. The predicted molar refractivity (Wildman–Crippen MR) is 72.5 cm³/mol. The fraction of sp³-hybridized carbons (Fsp3) is 0.500. The van der Waals surface area contributed by atoms with Crippen molar-refractivity contribution in [2.45, 2.75) is 13.3 Å². The molecule has 0 spiro atoms. The molecule has 0 aromatic carbocycles. The van der Waals surface area contributed by atoms with E-state index in [2.05, 4.69) is 10.3 Å². The van der Waals surface area contributed by atoms with Crippen molar-refractivity contribution in [2.24, 2.45) is 5.92 Å². The molecule has 104 valence electrons. The number of amides is 1. The number of carbonyl (C=O) groups is 1. The molecule has 1 aromatic heterocycles. The number of sulfone groups is 1. The molecule has 1 atom stereocenters. The van der Waals surface area contributed by atoms with Crippen LogP contribution >= 0.6 is 0 Å². The number of nitrogens with one attached hydrogen (secondary N) is 1. The van der Waals surface area contributed by atoms with E-state index >= 15 is 0 Å². The molecule has 7 heteroatoms. The topological polar surface area (TPSA) is 102 Å². The molecule has 2 rings (SSSR count). The van der Waals surface area contributed by atoms with Gasteiger partial charge in [-0.3, -0.25) is 9.78 Å². The first kappa shape index (κ1) is 13.8. The summed E-state index contributed by atoms with van der Waals surface area (Å²) in [6.07, 6.45) is 2.04. The zero-order chi connectivity index (χ0) is 14.0. The van der Waals surface area contributed by atoms with Crippen LogP contribution in [0.3, 0.4) is 0 Å². The molecule has 0 bridgehead atoms. The van der Waals surface area contributed by atoms with E-state index in [4.69, 9.17) is 5.73 Å². The fourth-order valence-electron chi connectivity index (χ4n) is 2.14. The SMILES string of the molecule is Cc1cc(N)c(C(=O)NCC2CCS(=O)(=O)C2)cn1. The average molecular weight is 283 g/mol. The van der Waals surface area contributed by atoms with E-state index in [0.717, 1.165) is 5.69 Å². The molecule has 19 heavy (non-hydrogen) atoms. The maximum absolute atomic E-state index is 11.9. The number of hydrogen-bond acceptors (Lipinski definition) is 5. The van der Waals surface area contributed by atoms with Gasteiger partial charge in [-0.1, -0.05) is 0 Å². The first-order valence-electron chi connectivity index (χ1n) is 6.08. The van der Waals surface area contributed by atoms with Crippen molar-refractivity contribution < 1.29 is 13.2 Å². The molecule has 1 aliphatic rings. The summed E-state index contributed by atoms with van der Waals surface area (Å²) < 4.78 is 22.6. The highest BCUT2D eigenvalue weighted by molar-refractivity contribution is 7.91. The van der Waals surface area contributed by atoms with Crippen LogP contribution < -0.4 is 11.1 Å². The van der Waals surface area contributed by atoms with E-state index in [1.165, 1.54) is 6.20 Å². The molecule has 6 nitrogen and oxygen atoms in total. The largest absolute Gasteiger partial charge is 0.398 e. The number of aromatic nitrogens is 1. The quantitative estimate of drug-likeness (QED) is 0.821. The molecule has 0 radical (unpaired) electrons. The second-order valence-electron chi connectivity index (χ2n) is 4.89. The molecular formula is C12H17N3O3S. The summed E-state index contributed by atoms with van der Waals surface area (Å²) in [5.74, 6) is 0.0410. The van der Waals surface area contributed by atoms with Gasteiger partial charge < -0.3 is 11.1 Å². The number of aryl methyl sites for hydroxylation is 1. The van der Waals surface area contributed by atoms with Crippen molar-refractivity contribution in [1.29, 1.82) is 0 Å². The zero-order valence-corrected chi connectivity index (χ0v) is 11.5. The summed E-state index contributed by atoms with van der Waals surface area (Å²) in [6.45, 7) is 2.15. The molecule has 0 saturated carbocycles. The van der Waals surface area contributed by atoms with E-state index < -0.39 is 9.84 Å². The summed E-state index contributed by atoms with van der Waals surface area (Å²) in [5.41, 5.74) is 7.20. The molecule has 1 saturated heterocycles. The van der Waals surface area contributed by atoms with Crippen molar-refractivity contribution in [2.75, 3.05) is 23.8 Å². The lowest BCUT2D eigenvalue weighted by atomic mass is 10.1. The predicted octanol–water partition coefficient (Wildman–Crippen LogP) is 0.137. The lowest BCUT2D eigenvalue weighted by Crippen LogP contribution is -2.30. The maximum atomic E-state index is 11.9. The van der Waals surface area contributed by atoms with Gasteiger partial charge in [0.05, 0.1) is 17.1 Å². The van der Waals surface area contributed by atoms with Crippen molar-refractivity contribution in [3.05, 3.63) is 23.5 Å². The van der Waals surface area contributed by atoms with Crippen LogP contribution in [0.5, 0.6) is 0 Å². The van der Waals surface area contributed by atoms with Gasteiger partial charge in [-0.25, -0.2) is 8.42 Å². The molecule has 1 amide bonds. The maximum Gasteiger partial charge on any atom is 0.254 e. The van der Waals surface area contributed by atoms with E-state index in [1.807, 2.05) is 0 Å². The van der Waals surface area contributed by atoms with Crippen LogP contribution in [0.15, 0.2) is 12.3 Å². The zero-order valence-electron chi connectivity index (χ0n) is 10.7. The third-order valence-corrected chi connectivity index (χ3v) is 5.03. The van der Waals surface area contributed by atoms with Gasteiger partial charge >= 0.3 is 0 Å². The number of carbonyl (C=O) groups excluding carboxylic acids is 1. The summed E-state index contributed by atoms with van der Waals surface area (Å²) in [6, 6.07) is 1.63. The Balaban J connectivity index is 1.95. The Hall–Kier alpha value is -1.63. The monoisotopic (exact) mass is 283 g/mol. The lowest BCUT2D eigenvalue weighted by molar-refractivity contribution is 0.0949. The first-order chi connectivity index (χ1) is 8.87. The molecule has 1 unspecified atom stereocenters. The van der Waals surface area contributed by atoms with Crippen LogP contribution in [0.1, 0.15) is 22.5 Å². The van der Waals surface area contributed by atoms with Gasteiger partial charge in [0.15, 0.2) is 9.84 Å². The second kappa shape index (κ2) is 5.16. The van der Waals surface area contributed by atoms with E-state index in [-0.39, 0.29) is 23.3 Å². The Labute approximate surface area is 112 Å². The molecule has 1 aromatic rings. The van der Waals surface area contributed by atoms with Gasteiger partial charge in [-0.15, -0.1) is 0 Å². The Morgan fingerprint density at radius 1 is 1.58 bits per heavy atom. The highest BCUT2D eigenvalue weighted by Crippen LogP contribution is 2.18. The minimum atomic E-state index is -2.91. The van der Waals surface area contributed by atoms with Crippen molar-refractivity contribution in [1.82, 2.24) is 10.3 Å². The van der Waals surface area contributed by atoms with Crippen LogP contribution in [-0.2, 0) is 9.84 Å². The normalized spacial score (nSPS) is 21.2. The van der Waals surface area contributed by atoms with Crippen LogP contribution in [0, 0.1) is 12.8 Å². The van der Waals surface area contributed by atoms with Gasteiger partial charge in [-0.05, 0) is 25.3 Å². The summed E-state index contributed by atoms with van der Waals surface area (Å²) in [4.78, 5) is 15.9. The molecule has 1 fully saturated rings. The Morgan fingerprint density at radius 3 is 2.89 bits per heavy atom. The highest BCUT2D eigenvalue weighted by atomic mass is 32.2. The lowest BCUT2D eigenvalue weighted by Gasteiger charge is -2.11. The van der Waals surface area contributed by atoms with Crippen molar-refractivity contribution in [3.63, 3.8) is 0 Å². The highest BCUT2D eigenvalue weighted by Gasteiger charge is 2.28. The number of nitrogens with two attached hydrogens (primary N) is 1. The molecule has 0 aliphatic carbocycles.